The Kier molecular flexibility index (Phi) is 3.32. The van der Waals surface area contributed by atoms with E-state index in [2.05, 4.69) is 5.32 Å². The van der Waals surface area contributed by atoms with Crippen molar-refractivity contribution in [1.82, 2.24) is 10.2 Å². The number of ether oxygens (including phenoxy) is 1. The average Bonchev–Trinajstić information content (AvgIpc) is 3.06. The van der Waals surface area contributed by atoms with Crippen LogP contribution in [0.1, 0.15) is 12.0 Å². The number of hydrogen-bond donors (Lipinski definition) is 1. The lowest BCUT2D eigenvalue weighted by molar-refractivity contribution is 0.204. The third-order valence-corrected chi connectivity index (χ3v) is 4.11. The Morgan fingerprint density at radius 1 is 1.32 bits per heavy atom. The first kappa shape index (κ1) is 12.3. The molecule has 2 aliphatic rings. The van der Waals surface area contributed by atoms with Crippen LogP contribution in [0.2, 0.25) is 0 Å². The minimum atomic E-state index is 0.0979. The van der Waals surface area contributed by atoms with Crippen LogP contribution in [0.25, 0.3) is 0 Å². The van der Waals surface area contributed by atoms with Gasteiger partial charge in [0.25, 0.3) is 0 Å². The van der Waals surface area contributed by atoms with Crippen LogP contribution in [-0.4, -0.2) is 37.7 Å². The first-order chi connectivity index (χ1) is 9.26. The number of fused-ring (bicyclic) bond motifs is 1. The van der Waals surface area contributed by atoms with Gasteiger partial charge in [0.1, 0.15) is 5.75 Å². The summed E-state index contributed by atoms with van der Waals surface area (Å²) in [4.78, 5) is 13.8. The van der Waals surface area contributed by atoms with Gasteiger partial charge in [-0.3, -0.25) is 0 Å². The predicted octanol–water partition coefficient (Wildman–Crippen LogP) is 1.90. The number of urea groups is 1. The number of nitrogens with zero attached hydrogens (tertiary/aromatic N) is 1. The average molecular weight is 260 g/mol. The van der Waals surface area contributed by atoms with Crippen molar-refractivity contribution in [2.75, 3.05) is 26.7 Å². The lowest BCUT2D eigenvalue weighted by atomic mass is 10.1. The molecule has 19 heavy (non-hydrogen) atoms. The zero-order chi connectivity index (χ0) is 13.2. The number of carbonyl (C=O) groups excluding carboxylic acids is 1. The van der Waals surface area contributed by atoms with Crippen molar-refractivity contribution in [3.8, 4) is 5.75 Å². The first-order valence-electron chi connectivity index (χ1n) is 6.92. The van der Waals surface area contributed by atoms with E-state index in [0.29, 0.717) is 6.54 Å². The van der Waals surface area contributed by atoms with Gasteiger partial charge < -0.3 is 15.0 Å². The van der Waals surface area contributed by atoms with Crippen molar-refractivity contribution in [1.29, 1.82) is 0 Å². The molecule has 0 radical (unpaired) electrons. The number of nitrogens with one attached hydrogen (secondary N) is 1. The molecule has 2 atom stereocenters. The number of benzene rings is 1. The van der Waals surface area contributed by atoms with E-state index in [1.165, 1.54) is 12.0 Å². The predicted molar refractivity (Wildman–Crippen MR) is 73.3 cm³/mol. The van der Waals surface area contributed by atoms with Crippen LogP contribution >= 0.6 is 0 Å². The van der Waals surface area contributed by atoms with E-state index in [1.54, 1.807) is 7.11 Å². The second kappa shape index (κ2) is 5.11. The number of amides is 2. The number of hydrogen-bond acceptors (Lipinski definition) is 2. The van der Waals surface area contributed by atoms with Gasteiger partial charge in [0, 0.05) is 19.6 Å². The Morgan fingerprint density at radius 2 is 2.00 bits per heavy atom. The lowest BCUT2D eigenvalue weighted by Gasteiger charge is -2.18. The molecule has 1 aromatic carbocycles. The molecule has 2 fully saturated rings. The number of piperidine rings is 1. The zero-order valence-electron chi connectivity index (χ0n) is 11.3. The third-order valence-electron chi connectivity index (χ3n) is 4.11. The summed E-state index contributed by atoms with van der Waals surface area (Å²) >= 11 is 0. The van der Waals surface area contributed by atoms with E-state index in [1.807, 2.05) is 29.2 Å². The molecule has 1 aliphatic carbocycles. The molecule has 1 aromatic rings. The summed E-state index contributed by atoms with van der Waals surface area (Å²) < 4.78 is 5.12. The molecular weight excluding hydrogens is 240 g/mol. The van der Waals surface area contributed by atoms with E-state index in [9.17, 15) is 4.79 Å². The molecule has 4 nitrogen and oxygen atoms in total. The number of rotatable bonds is 4. The monoisotopic (exact) mass is 260 g/mol. The third kappa shape index (κ3) is 2.83. The number of methoxy groups -OCH3 is 1. The fourth-order valence-corrected chi connectivity index (χ4v) is 2.78. The maximum Gasteiger partial charge on any atom is 0.317 e. The fourth-order valence-electron chi connectivity index (χ4n) is 2.78. The Hall–Kier alpha value is -1.71. The van der Waals surface area contributed by atoms with E-state index in [-0.39, 0.29) is 6.03 Å². The topological polar surface area (TPSA) is 41.6 Å². The van der Waals surface area contributed by atoms with Crippen molar-refractivity contribution in [2.45, 2.75) is 12.8 Å². The van der Waals surface area contributed by atoms with Crippen LogP contribution in [0.15, 0.2) is 24.3 Å². The SMILES string of the molecule is COc1ccc(CCNC(=O)N2CC3CC3C2)cc1. The molecule has 102 valence electrons. The van der Waals surface area contributed by atoms with Crippen LogP contribution in [0.3, 0.4) is 0 Å². The first-order valence-corrected chi connectivity index (χ1v) is 6.92. The molecular formula is C15H20N2O2. The Balaban J connectivity index is 1.40. The normalized spacial score (nSPS) is 23.9. The smallest absolute Gasteiger partial charge is 0.317 e. The van der Waals surface area contributed by atoms with Crippen LogP contribution in [0, 0.1) is 11.8 Å². The summed E-state index contributed by atoms with van der Waals surface area (Å²) in [7, 11) is 1.66. The van der Waals surface area contributed by atoms with Crippen molar-refractivity contribution in [3.05, 3.63) is 29.8 Å². The maximum absolute atomic E-state index is 11.9. The molecule has 1 heterocycles. The van der Waals surface area contributed by atoms with Gasteiger partial charge in [-0.1, -0.05) is 12.1 Å². The van der Waals surface area contributed by atoms with Crippen molar-refractivity contribution in [2.24, 2.45) is 11.8 Å². The molecule has 1 saturated heterocycles. The summed E-state index contributed by atoms with van der Waals surface area (Å²) in [5, 5.41) is 3.00. The summed E-state index contributed by atoms with van der Waals surface area (Å²) in [6, 6.07) is 8.07. The molecule has 2 amide bonds. The van der Waals surface area contributed by atoms with Gasteiger partial charge in [0.15, 0.2) is 0 Å². The molecule has 0 bridgehead atoms. The highest BCUT2D eigenvalue weighted by Crippen LogP contribution is 2.44. The summed E-state index contributed by atoms with van der Waals surface area (Å²) in [5.41, 5.74) is 1.21. The number of carbonyl (C=O) groups is 1. The van der Waals surface area contributed by atoms with Crippen LogP contribution in [-0.2, 0) is 6.42 Å². The van der Waals surface area contributed by atoms with E-state index >= 15 is 0 Å². The lowest BCUT2D eigenvalue weighted by Crippen LogP contribution is -2.40. The molecule has 1 aliphatic heterocycles. The molecule has 4 heteroatoms. The molecule has 0 aromatic heterocycles. The van der Waals surface area contributed by atoms with Crippen molar-refractivity contribution in [3.63, 3.8) is 0 Å². The molecule has 1 saturated carbocycles. The minimum absolute atomic E-state index is 0.0979. The van der Waals surface area contributed by atoms with Gasteiger partial charge in [-0.2, -0.15) is 0 Å². The highest BCUT2D eigenvalue weighted by molar-refractivity contribution is 5.74. The van der Waals surface area contributed by atoms with Gasteiger partial charge in [-0.15, -0.1) is 0 Å². The zero-order valence-corrected chi connectivity index (χ0v) is 11.3. The van der Waals surface area contributed by atoms with Gasteiger partial charge in [-0.05, 0) is 42.4 Å². The van der Waals surface area contributed by atoms with Gasteiger partial charge in [-0.25, -0.2) is 4.79 Å². The number of likely N-dealkylation sites (tertiary alicyclic amines) is 1. The Bertz CT molecular complexity index is 448. The van der Waals surface area contributed by atoms with Gasteiger partial charge in [0.05, 0.1) is 7.11 Å². The second-order valence-corrected chi connectivity index (χ2v) is 5.49. The molecule has 3 rings (SSSR count). The van der Waals surface area contributed by atoms with E-state index in [0.717, 1.165) is 37.1 Å². The van der Waals surface area contributed by atoms with Crippen molar-refractivity contribution >= 4 is 6.03 Å². The summed E-state index contributed by atoms with van der Waals surface area (Å²) in [6.45, 7) is 2.61. The highest BCUT2D eigenvalue weighted by Gasteiger charge is 2.46. The van der Waals surface area contributed by atoms with E-state index < -0.39 is 0 Å². The fraction of sp³-hybridized carbons (Fsp3) is 0.533. The minimum Gasteiger partial charge on any atom is -0.497 e. The van der Waals surface area contributed by atoms with Crippen LogP contribution < -0.4 is 10.1 Å². The van der Waals surface area contributed by atoms with Crippen LogP contribution in [0.5, 0.6) is 5.75 Å². The van der Waals surface area contributed by atoms with Crippen molar-refractivity contribution < 1.29 is 9.53 Å². The van der Waals surface area contributed by atoms with E-state index in [4.69, 9.17) is 4.74 Å². The van der Waals surface area contributed by atoms with Crippen LogP contribution in [0.4, 0.5) is 4.79 Å². The molecule has 1 N–H and O–H groups in total. The quantitative estimate of drug-likeness (QED) is 0.898. The Morgan fingerprint density at radius 3 is 2.63 bits per heavy atom. The molecule has 2 unspecified atom stereocenters. The summed E-state index contributed by atoms with van der Waals surface area (Å²) in [5.74, 6) is 2.46. The Labute approximate surface area is 113 Å². The van der Waals surface area contributed by atoms with Gasteiger partial charge in [0.2, 0.25) is 0 Å². The largest absolute Gasteiger partial charge is 0.497 e. The standard InChI is InChI=1S/C15H20N2O2/c1-19-14-4-2-11(3-5-14)6-7-16-15(18)17-9-12-8-13(12)10-17/h2-5,12-13H,6-10H2,1H3,(H,16,18). The van der Waals surface area contributed by atoms with Gasteiger partial charge >= 0.3 is 6.03 Å². The highest BCUT2D eigenvalue weighted by atomic mass is 16.5. The maximum atomic E-state index is 11.9. The second-order valence-electron chi connectivity index (χ2n) is 5.49. The summed E-state index contributed by atoms with van der Waals surface area (Å²) in [6.07, 6.45) is 2.19. The molecule has 0 spiro atoms.